The molecule has 0 aromatic rings. The van der Waals surface area contributed by atoms with Gasteiger partial charge in [-0.15, -0.1) is 0 Å². The largest absolute Gasteiger partial charge is 0.316 e. The molecule has 2 aliphatic rings. The topological polar surface area (TPSA) is 12.0 Å². The van der Waals surface area contributed by atoms with Gasteiger partial charge in [-0.25, -0.2) is 0 Å². The molecule has 2 rings (SSSR count). The van der Waals surface area contributed by atoms with Gasteiger partial charge in [-0.1, -0.05) is 71.6 Å². The summed E-state index contributed by atoms with van der Waals surface area (Å²) in [4.78, 5) is 0. The van der Waals surface area contributed by atoms with Crippen molar-refractivity contribution in [3.63, 3.8) is 0 Å². The van der Waals surface area contributed by atoms with Crippen LogP contribution < -0.4 is 5.32 Å². The van der Waals surface area contributed by atoms with Crippen LogP contribution in [0.15, 0.2) is 0 Å². The molecule has 1 N–H and O–H groups in total. The van der Waals surface area contributed by atoms with Gasteiger partial charge in [-0.3, -0.25) is 0 Å². The van der Waals surface area contributed by atoms with Crippen molar-refractivity contribution in [1.82, 2.24) is 5.32 Å². The molecule has 3 atom stereocenters. The molecule has 0 aromatic carbocycles. The van der Waals surface area contributed by atoms with E-state index in [1.807, 2.05) is 0 Å². The fourth-order valence-electron chi connectivity index (χ4n) is 5.15. The van der Waals surface area contributed by atoms with Gasteiger partial charge in [0.1, 0.15) is 0 Å². The van der Waals surface area contributed by atoms with Gasteiger partial charge in [0, 0.05) is 6.54 Å². The third-order valence-corrected chi connectivity index (χ3v) is 6.36. The molecule has 0 spiro atoms. The van der Waals surface area contributed by atoms with Gasteiger partial charge in [0.25, 0.3) is 0 Å². The van der Waals surface area contributed by atoms with Crippen LogP contribution in [0, 0.1) is 17.3 Å². The van der Waals surface area contributed by atoms with E-state index >= 15 is 0 Å². The van der Waals surface area contributed by atoms with E-state index in [1.54, 1.807) is 12.8 Å². The number of fused-ring (bicyclic) bond motifs is 2. The van der Waals surface area contributed by atoms with Crippen molar-refractivity contribution in [2.45, 2.75) is 97.3 Å². The summed E-state index contributed by atoms with van der Waals surface area (Å²) >= 11 is 0. The van der Waals surface area contributed by atoms with E-state index in [-0.39, 0.29) is 0 Å². The Hall–Kier alpha value is -0.0400. The highest BCUT2D eigenvalue weighted by Crippen LogP contribution is 2.57. The molecule has 0 aromatic heterocycles. The van der Waals surface area contributed by atoms with Crippen LogP contribution in [-0.4, -0.2) is 13.1 Å². The maximum atomic E-state index is 3.69. The van der Waals surface area contributed by atoms with Crippen molar-refractivity contribution >= 4 is 0 Å². The lowest BCUT2D eigenvalue weighted by atomic mass is 9.69. The van der Waals surface area contributed by atoms with E-state index in [0.29, 0.717) is 5.41 Å². The summed E-state index contributed by atoms with van der Waals surface area (Å²) in [6.07, 6.45) is 19.4. The average Bonchev–Trinajstić information content (AvgIpc) is 3.09. The van der Waals surface area contributed by atoms with Crippen LogP contribution in [0.3, 0.4) is 0 Å². The fourth-order valence-corrected chi connectivity index (χ4v) is 5.15. The molecule has 0 heterocycles. The van der Waals surface area contributed by atoms with Crippen LogP contribution in [0.2, 0.25) is 0 Å². The highest BCUT2D eigenvalue weighted by Gasteiger charge is 2.49. The highest BCUT2D eigenvalue weighted by atomic mass is 14.9. The van der Waals surface area contributed by atoms with Gasteiger partial charge < -0.3 is 5.32 Å². The summed E-state index contributed by atoms with van der Waals surface area (Å²) in [6.45, 7) is 7.02. The van der Waals surface area contributed by atoms with Gasteiger partial charge in [0.2, 0.25) is 0 Å². The van der Waals surface area contributed by atoms with Gasteiger partial charge >= 0.3 is 0 Å². The predicted molar refractivity (Wildman–Crippen MR) is 93.7 cm³/mol. The molecule has 21 heavy (non-hydrogen) atoms. The van der Waals surface area contributed by atoms with E-state index < -0.39 is 0 Å². The lowest BCUT2D eigenvalue weighted by molar-refractivity contribution is 0.139. The Labute approximate surface area is 133 Å². The monoisotopic (exact) mass is 293 g/mol. The van der Waals surface area contributed by atoms with E-state index in [4.69, 9.17) is 0 Å². The second kappa shape index (κ2) is 9.18. The Morgan fingerprint density at radius 1 is 0.905 bits per heavy atom. The van der Waals surface area contributed by atoms with Crippen molar-refractivity contribution in [3.05, 3.63) is 0 Å². The zero-order valence-corrected chi connectivity index (χ0v) is 14.8. The van der Waals surface area contributed by atoms with Gasteiger partial charge in [-0.2, -0.15) is 0 Å². The lowest BCUT2D eigenvalue weighted by Gasteiger charge is -2.38. The molecular weight excluding hydrogens is 254 g/mol. The standard InChI is InChI=1S/C20H39N/c1-3-5-6-7-8-9-10-11-14-20(17-21-4-2)16-18-12-13-19(20)15-18/h18-19,21H,3-17H2,1-2H3. The first-order valence-corrected chi connectivity index (χ1v) is 10.0. The minimum atomic E-state index is 0.696. The Balaban J connectivity index is 1.62. The van der Waals surface area contributed by atoms with E-state index in [1.165, 1.54) is 77.2 Å². The average molecular weight is 294 g/mol. The zero-order chi connectivity index (χ0) is 15.0. The van der Waals surface area contributed by atoms with Gasteiger partial charge in [0.15, 0.2) is 0 Å². The fraction of sp³-hybridized carbons (Fsp3) is 1.00. The summed E-state index contributed by atoms with van der Waals surface area (Å²) in [6, 6.07) is 0. The first kappa shape index (κ1) is 17.3. The molecule has 0 radical (unpaired) electrons. The third-order valence-electron chi connectivity index (χ3n) is 6.36. The summed E-state index contributed by atoms with van der Waals surface area (Å²) < 4.78 is 0. The molecule has 0 aliphatic heterocycles. The maximum absolute atomic E-state index is 3.69. The Morgan fingerprint density at radius 3 is 2.19 bits per heavy atom. The minimum Gasteiger partial charge on any atom is -0.316 e. The molecule has 2 saturated carbocycles. The van der Waals surface area contributed by atoms with Crippen molar-refractivity contribution in [1.29, 1.82) is 0 Å². The Morgan fingerprint density at radius 2 is 1.62 bits per heavy atom. The number of nitrogens with one attached hydrogen (secondary N) is 1. The Bertz CT molecular complexity index is 275. The Kier molecular flexibility index (Phi) is 7.57. The molecular formula is C20H39N. The molecule has 2 aliphatic carbocycles. The summed E-state index contributed by atoms with van der Waals surface area (Å²) in [5.41, 5.74) is 0.696. The van der Waals surface area contributed by atoms with Crippen LogP contribution in [0.1, 0.15) is 97.3 Å². The quantitative estimate of drug-likeness (QED) is 0.439. The van der Waals surface area contributed by atoms with Crippen molar-refractivity contribution in [3.8, 4) is 0 Å². The van der Waals surface area contributed by atoms with Gasteiger partial charge in [-0.05, 0) is 49.5 Å². The van der Waals surface area contributed by atoms with E-state index in [9.17, 15) is 0 Å². The highest BCUT2D eigenvalue weighted by molar-refractivity contribution is 5.01. The first-order valence-electron chi connectivity index (χ1n) is 10.0. The molecule has 2 bridgehead atoms. The molecule has 1 heteroatoms. The molecule has 0 saturated heterocycles. The molecule has 2 fully saturated rings. The van der Waals surface area contributed by atoms with Gasteiger partial charge in [0.05, 0.1) is 0 Å². The molecule has 124 valence electrons. The summed E-state index contributed by atoms with van der Waals surface area (Å²) in [5.74, 6) is 2.15. The smallest absolute Gasteiger partial charge is 0.00105 e. The number of hydrogen-bond donors (Lipinski definition) is 1. The molecule has 3 unspecified atom stereocenters. The summed E-state index contributed by atoms with van der Waals surface area (Å²) in [5, 5.41) is 3.69. The van der Waals surface area contributed by atoms with E-state index in [0.717, 1.165) is 18.4 Å². The van der Waals surface area contributed by atoms with Crippen LogP contribution in [0.25, 0.3) is 0 Å². The third kappa shape index (κ3) is 4.98. The van der Waals surface area contributed by atoms with Crippen LogP contribution in [-0.2, 0) is 0 Å². The van der Waals surface area contributed by atoms with Crippen molar-refractivity contribution < 1.29 is 0 Å². The van der Waals surface area contributed by atoms with Crippen molar-refractivity contribution in [2.75, 3.05) is 13.1 Å². The van der Waals surface area contributed by atoms with Crippen LogP contribution >= 0.6 is 0 Å². The first-order chi connectivity index (χ1) is 10.3. The minimum absolute atomic E-state index is 0.696. The van der Waals surface area contributed by atoms with Crippen LogP contribution in [0.4, 0.5) is 0 Å². The predicted octanol–water partition coefficient (Wildman–Crippen LogP) is 5.93. The molecule has 1 nitrogen and oxygen atoms in total. The second-order valence-corrected chi connectivity index (χ2v) is 7.95. The number of unbranched alkanes of at least 4 members (excludes halogenated alkanes) is 7. The van der Waals surface area contributed by atoms with E-state index in [2.05, 4.69) is 19.2 Å². The summed E-state index contributed by atoms with van der Waals surface area (Å²) in [7, 11) is 0. The number of hydrogen-bond acceptors (Lipinski definition) is 1. The molecule has 0 amide bonds. The zero-order valence-electron chi connectivity index (χ0n) is 14.8. The van der Waals surface area contributed by atoms with Crippen molar-refractivity contribution in [2.24, 2.45) is 17.3 Å². The second-order valence-electron chi connectivity index (χ2n) is 7.95. The van der Waals surface area contributed by atoms with Crippen LogP contribution in [0.5, 0.6) is 0 Å². The maximum Gasteiger partial charge on any atom is 0.00105 e. The SMILES string of the molecule is CCCCCCCCCCC1(CNCC)CC2CCC1C2. The lowest BCUT2D eigenvalue weighted by Crippen LogP contribution is -2.38. The number of rotatable bonds is 12. The normalized spacial score (nSPS) is 31.1.